The molecule has 0 aliphatic rings. The highest BCUT2D eigenvalue weighted by Crippen LogP contribution is 2.31. The van der Waals surface area contributed by atoms with Gasteiger partial charge in [0.25, 0.3) is 0 Å². The van der Waals surface area contributed by atoms with Gasteiger partial charge in [-0.15, -0.1) is 0 Å². The van der Waals surface area contributed by atoms with Crippen LogP contribution in [0.25, 0.3) is 0 Å². The number of hydrogen-bond acceptors (Lipinski definition) is 4. The Morgan fingerprint density at radius 1 is 1.40 bits per heavy atom. The Hall–Kier alpha value is -1.00. The van der Waals surface area contributed by atoms with E-state index in [1.807, 2.05) is 19.9 Å². The summed E-state index contributed by atoms with van der Waals surface area (Å²) in [7, 11) is 0. The number of aryl methyl sites for hydroxylation is 2. The molecule has 0 aromatic carbocycles. The quantitative estimate of drug-likeness (QED) is 0.595. The molecule has 2 rings (SSSR count). The van der Waals surface area contributed by atoms with E-state index in [9.17, 15) is 0 Å². The third kappa shape index (κ3) is 2.33. The van der Waals surface area contributed by atoms with Crippen molar-refractivity contribution in [2.75, 3.05) is 0 Å². The molecular formula is C10H9ClN2OS. The second-order valence-electron chi connectivity index (χ2n) is 3.07. The molecule has 0 unspecified atom stereocenters. The summed E-state index contributed by atoms with van der Waals surface area (Å²) in [6.07, 6.45) is 3.38. The molecule has 5 heteroatoms. The number of halogens is 1. The van der Waals surface area contributed by atoms with Crippen molar-refractivity contribution in [3.8, 4) is 0 Å². The van der Waals surface area contributed by atoms with Crippen LogP contribution in [0.1, 0.15) is 11.3 Å². The lowest BCUT2D eigenvalue weighted by molar-refractivity contribution is 0.527. The molecule has 0 bridgehead atoms. The Kier molecular flexibility index (Phi) is 2.98. The fourth-order valence-corrected chi connectivity index (χ4v) is 2.15. The standard InChI is InChI=1S/C10H9ClN2OS/c1-6-5-12-10(11)13-9(6)15-8-3-4-14-7(8)2/h3-5H,1-2H3. The number of nitrogens with zero attached hydrogens (tertiary/aromatic N) is 2. The van der Waals surface area contributed by atoms with Crippen LogP contribution in [0.4, 0.5) is 0 Å². The lowest BCUT2D eigenvalue weighted by atomic mass is 10.4. The van der Waals surface area contributed by atoms with Crippen LogP contribution in [0.3, 0.4) is 0 Å². The van der Waals surface area contributed by atoms with Crippen molar-refractivity contribution in [1.29, 1.82) is 0 Å². The average molecular weight is 241 g/mol. The van der Waals surface area contributed by atoms with Crippen molar-refractivity contribution in [1.82, 2.24) is 9.97 Å². The van der Waals surface area contributed by atoms with Gasteiger partial charge in [0.05, 0.1) is 11.2 Å². The molecule has 0 saturated heterocycles. The van der Waals surface area contributed by atoms with Crippen LogP contribution < -0.4 is 0 Å². The van der Waals surface area contributed by atoms with Gasteiger partial charge in [0.2, 0.25) is 5.28 Å². The average Bonchev–Trinajstić information content (AvgIpc) is 2.58. The minimum atomic E-state index is 0.268. The number of aromatic nitrogens is 2. The summed E-state index contributed by atoms with van der Waals surface area (Å²) < 4.78 is 5.21. The molecule has 2 aromatic rings. The van der Waals surface area contributed by atoms with Crippen molar-refractivity contribution in [3.63, 3.8) is 0 Å². The number of furan rings is 1. The van der Waals surface area contributed by atoms with Crippen molar-refractivity contribution >= 4 is 23.4 Å². The molecule has 78 valence electrons. The van der Waals surface area contributed by atoms with Gasteiger partial charge in [-0.2, -0.15) is 0 Å². The molecule has 15 heavy (non-hydrogen) atoms. The Labute approximate surface area is 96.9 Å². The SMILES string of the molecule is Cc1cnc(Cl)nc1Sc1ccoc1C. The van der Waals surface area contributed by atoms with Gasteiger partial charge in [-0.1, -0.05) is 11.8 Å². The maximum Gasteiger partial charge on any atom is 0.223 e. The second-order valence-corrected chi connectivity index (χ2v) is 4.44. The molecule has 2 heterocycles. The topological polar surface area (TPSA) is 38.9 Å². The summed E-state index contributed by atoms with van der Waals surface area (Å²) in [5.41, 5.74) is 1.00. The molecule has 0 radical (unpaired) electrons. The Morgan fingerprint density at radius 2 is 2.20 bits per heavy atom. The summed E-state index contributed by atoms with van der Waals surface area (Å²) in [6.45, 7) is 3.87. The van der Waals surface area contributed by atoms with E-state index in [0.29, 0.717) is 0 Å². The Bertz CT molecular complexity index is 484. The van der Waals surface area contributed by atoms with Crippen LogP contribution in [0, 0.1) is 13.8 Å². The zero-order chi connectivity index (χ0) is 10.8. The van der Waals surface area contributed by atoms with Crippen molar-refractivity contribution < 1.29 is 4.42 Å². The number of hydrogen-bond donors (Lipinski definition) is 0. The minimum Gasteiger partial charge on any atom is -0.468 e. The van der Waals surface area contributed by atoms with E-state index in [1.54, 1.807) is 12.5 Å². The van der Waals surface area contributed by atoms with Gasteiger partial charge in [0.1, 0.15) is 10.8 Å². The Morgan fingerprint density at radius 3 is 2.87 bits per heavy atom. The predicted octanol–water partition coefficient (Wildman–Crippen LogP) is 3.49. The van der Waals surface area contributed by atoms with Crippen LogP contribution >= 0.6 is 23.4 Å². The van der Waals surface area contributed by atoms with E-state index in [1.165, 1.54) is 11.8 Å². The fourth-order valence-electron chi connectivity index (χ4n) is 1.09. The lowest BCUT2D eigenvalue weighted by Gasteiger charge is -2.02. The molecule has 0 atom stereocenters. The second kappa shape index (κ2) is 4.24. The lowest BCUT2D eigenvalue weighted by Crippen LogP contribution is -1.89. The number of rotatable bonds is 2. The van der Waals surface area contributed by atoms with Gasteiger partial charge in [-0.3, -0.25) is 0 Å². The zero-order valence-corrected chi connectivity index (χ0v) is 9.89. The first-order valence-corrected chi connectivity index (χ1v) is 5.57. The largest absolute Gasteiger partial charge is 0.468 e. The highest BCUT2D eigenvalue weighted by atomic mass is 35.5. The third-order valence-electron chi connectivity index (χ3n) is 1.91. The molecule has 0 saturated carbocycles. The molecule has 0 fully saturated rings. The van der Waals surface area contributed by atoms with Gasteiger partial charge >= 0.3 is 0 Å². The summed E-state index contributed by atoms with van der Waals surface area (Å²) >= 11 is 7.27. The van der Waals surface area contributed by atoms with Gasteiger partial charge in [0.15, 0.2) is 0 Å². The van der Waals surface area contributed by atoms with Crippen molar-refractivity contribution in [2.24, 2.45) is 0 Å². The molecule has 2 aromatic heterocycles. The molecule has 0 amide bonds. The first-order chi connectivity index (χ1) is 7.16. The summed E-state index contributed by atoms with van der Waals surface area (Å²) in [6, 6.07) is 1.91. The minimum absolute atomic E-state index is 0.268. The predicted molar refractivity (Wildman–Crippen MR) is 59.3 cm³/mol. The van der Waals surface area contributed by atoms with E-state index >= 15 is 0 Å². The summed E-state index contributed by atoms with van der Waals surface area (Å²) in [4.78, 5) is 9.12. The van der Waals surface area contributed by atoms with Gasteiger partial charge in [-0.25, -0.2) is 9.97 Å². The fraction of sp³-hybridized carbons (Fsp3) is 0.200. The smallest absolute Gasteiger partial charge is 0.223 e. The van der Waals surface area contributed by atoms with Crippen molar-refractivity contribution in [3.05, 3.63) is 35.1 Å². The first-order valence-electron chi connectivity index (χ1n) is 4.38. The molecule has 0 aliphatic carbocycles. The van der Waals surface area contributed by atoms with Crippen LogP contribution in [-0.4, -0.2) is 9.97 Å². The molecular weight excluding hydrogens is 232 g/mol. The van der Waals surface area contributed by atoms with Gasteiger partial charge < -0.3 is 4.42 Å². The first kappa shape index (κ1) is 10.5. The molecule has 0 aliphatic heterocycles. The summed E-state index contributed by atoms with van der Waals surface area (Å²) in [5, 5.41) is 1.13. The van der Waals surface area contributed by atoms with E-state index in [0.717, 1.165) is 21.2 Å². The zero-order valence-electron chi connectivity index (χ0n) is 8.32. The van der Waals surface area contributed by atoms with Crippen LogP contribution in [0.2, 0.25) is 5.28 Å². The van der Waals surface area contributed by atoms with E-state index in [-0.39, 0.29) is 5.28 Å². The van der Waals surface area contributed by atoms with Crippen LogP contribution in [0.15, 0.2) is 32.9 Å². The van der Waals surface area contributed by atoms with E-state index in [4.69, 9.17) is 16.0 Å². The molecule has 0 spiro atoms. The van der Waals surface area contributed by atoms with Gasteiger partial charge in [-0.05, 0) is 31.5 Å². The van der Waals surface area contributed by atoms with Crippen molar-refractivity contribution in [2.45, 2.75) is 23.8 Å². The summed E-state index contributed by atoms with van der Waals surface area (Å²) in [5.74, 6) is 0.883. The van der Waals surface area contributed by atoms with E-state index in [2.05, 4.69) is 9.97 Å². The monoisotopic (exact) mass is 240 g/mol. The molecule has 0 N–H and O–H groups in total. The normalized spacial score (nSPS) is 10.6. The molecule has 3 nitrogen and oxygen atoms in total. The highest BCUT2D eigenvalue weighted by Gasteiger charge is 2.08. The Balaban J connectivity index is 2.32. The maximum absolute atomic E-state index is 5.74. The van der Waals surface area contributed by atoms with Crippen LogP contribution in [0.5, 0.6) is 0 Å². The van der Waals surface area contributed by atoms with Crippen LogP contribution in [-0.2, 0) is 0 Å². The highest BCUT2D eigenvalue weighted by molar-refractivity contribution is 7.99. The third-order valence-corrected chi connectivity index (χ3v) is 3.35. The van der Waals surface area contributed by atoms with E-state index < -0.39 is 0 Å². The van der Waals surface area contributed by atoms with Gasteiger partial charge in [0, 0.05) is 11.8 Å². The maximum atomic E-state index is 5.74.